The van der Waals surface area contributed by atoms with E-state index in [1.165, 1.54) is 32.8 Å². The normalized spacial score (nSPS) is 20.5. The summed E-state index contributed by atoms with van der Waals surface area (Å²) in [6, 6.07) is 5.90. The van der Waals surface area contributed by atoms with Gasteiger partial charge in [0, 0.05) is 17.9 Å². The van der Waals surface area contributed by atoms with Crippen LogP contribution in [-0.2, 0) is 6.54 Å². The molecule has 1 unspecified atom stereocenters. The fourth-order valence-electron chi connectivity index (χ4n) is 2.76. The second-order valence-corrected chi connectivity index (χ2v) is 5.86. The summed E-state index contributed by atoms with van der Waals surface area (Å²) in [5, 5.41) is 1.03. The predicted octanol–water partition coefficient (Wildman–Crippen LogP) is 3.97. The lowest BCUT2D eigenvalue weighted by Crippen LogP contribution is -2.39. The monoisotopic (exact) mass is 329 g/mol. The summed E-state index contributed by atoms with van der Waals surface area (Å²) in [6.07, 6.45) is 4.98. The van der Waals surface area contributed by atoms with E-state index in [1.54, 1.807) is 12.1 Å². The Morgan fingerprint density at radius 3 is 2.95 bits per heavy atom. The van der Waals surface area contributed by atoms with Gasteiger partial charge in [0.05, 0.1) is 7.11 Å². The maximum Gasteiger partial charge on any atom is 0.165 e. The maximum absolute atomic E-state index is 13.7. The van der Waals surface area contributed by atoms with E-state index in [-0.39, 0.29) is 5.82 Å². The molecule has 0 aliphatic carbocycles. The number of rotatable bonds is 5. The molecule has 0 radical (unpaired) electrons. The van der Waals surface area contributed by atoms with Gasteiger partial charge in [-0.25, -0.2) is 4.39 Å². The van der Waals surface area contributed by atoms with Crippen molar-refractivity contribution in [2.24, 2.45) is 0 Å². The molecule has 106 valence electrons. The van der Waals surface area contributed by atoms with Gasteiger partial charge in [0.1, 0.15) is 0 Å². The van der Waals surface area contributed by atoms with E-state index < -0.39 is 0 Å². The van der Waals surface area contributed by atoms with Crippen molar-refractivity contribution < 1.29 is 9.13 Å². The second kappa shape index (κ2) is 7.25. The van der Waals surface area contributed by atoms with E-state index >= 15 is 0 Å². The predicted molar refractivity (Wildman–Crippen MR) is 79.4 cm³/mol. The van der Waals surface area contributed by atoms with E-state index in [0.717, 1.165) is 24.0 Å². The molecule has 0 bridgehead atoms. The highest BCUT2D eigenvalue weighted by Crippen LogP contribution is 2.24. The number of ether oxygens (including phenoxy) is 1. The Morgan fingerprint density at radius 2 is 2.26 bits per heavy atom. The Labute approximate surface area is 123 Å². The van der Waals surface area contributed by atoms with Crippen LogP contribution in [0.25, 0.3) is 0 Å². The summed E-state index contributed by atoms with van der Waals surface area (Å²) < 4.78 is 18.7. The van der Waals surface area contributed by atoms with Gasteiger partial charge in [-0.05, 0) is 43.5 Å². The quantitative estimate of drug-likeness (QED) is 0.758. The summed E-state index contributed by atoms with van der Waals surface area (Å²) in [6.45, 7) is 1.95. The van der Waals surface area contributed by atoms with Crippen LogP contribution in [-0.4, -0.2) is 29.9 Å². The third kappa shape index (κ3) is 3.93. The molecule has 1 saturated heterocycles. The largest absolute Gasteiger partial charge is 0.494 e. The third-order valence-electron chi connectivity index (χ3n) is 3.79. The molecule has 4 heteroatoms. The molecule has 2 rings (SSSR count). The molecular weight excluding hydrogens is 309 g/mol. The zero-order valence-corrected chi connectivity index (χ0v) is 13.0. The number of methoxy groups -OCH3 is 1. The number of hydrogen-bond donors (Lipinski definition) is 0. The van der Waals surface area contributed by atoms with Crippen LogP contribution in [0.15, 0.2) is 18.2 Å². The fraction of sp³-hybridized carbons (Fsp3) is 0.600. The van der Waals surface area contributed by atoms with Crippen LogP contribution in [0.5, 0.6) is 5.75 Å². The Hall–Kier alpha value is -0.610. The van der Waals surface area contributed by atoms with Crippen molar-refractivity contribution in [1.82, 2.24) is 4.90 Å². The third-order valence-corrected chi connectivity index (χ3v) is 4.25. The minimum atomic E-state index is -0.269. The van der Waals surface area contributed by atoms with Gasteiger partial charge in [-0.15, -0.1) is 0 Å². The Balaban J connectivity index is 2.04. The van der Waals surface area contributed by atoms with Crippen LogP contribution in [0.1, 0.15) is 31.2 Å². The van der Waals surface area contributed by atoms with Crippen molar-refractivity contribution in [1.29, 1.82) is 0 Å². The van der Waals surface area contributed by atoms with Crippen molar-refractivity contribution in [3.8, 4) is 5.75 Å². The molecule has 1 atom stereocenters. The van der Waals surface area contributed by atoms with Crippen molar-refractivity contribution in [3.63, 3.8) is 0 Å². The zero-order valence-electron chi connectivity index (χ0n) is 11.4. The highest BCUT2D eigenvalue weighted by atomic mass is 79.9. The average Bonchev–Trinajstić information content (AvgIpc) is 2.41. The smallest absolute Gasteiger partial charge is 0.165 e. The minimum Gasteiger partial charge on any atom is -0.494 e. The second-order valence-electron chi connectivity index (χ2n) is 5.07. The van der Waals surface area contributed by atoms with Gasteiger partial charge in [0.25, 0.3) is 0 Å². The first-order valence-electron chi connectivity index (χ1n) is 6.87. The van der Waals surface area contributed by atoms with Crippen molar-refractivity contribution >= 4 is 15.9 Å². The van der Waals surface area contributed by atoms with Gasteiger partial charge in [-0.1, -0.05) is 28.4 Å². The van der Waals surface area contributed by atoms with Gasteiger partial charge in [0.2, 0.25) is 0 Å². The average molecular weight is 330 g/mol. The molecule has 19 heavy (non-hydrogen) atoms. The number of likely N-dealkylation sites (tertiary alicyclic amines) is 1. The van der Waals surface area contributed by atoms with Gasteiger partial charge < -0.3 is 4.74 Å². The minimum absolute atomic E-state index is 0.269. The summed E-state index contributed by atoms with van der Waals surface area (Å²) in [5.74, 6) is 0.0495. The summed E-state index contributed by atoms with van der Waals surface area (Å²) in [4.78, 5) is 2.48. The molecule has 0 aromatic heterocycles. The number of piperidine rings is 1. The topological polar surface area (TPSA) is 12.5 Å². The standard InChI is InChI=1S/C15H21BrFNO/c1-19-15-6-5-12(10-14(15)17)11-18-9-3-2-4-13(18)7-8-16/h5-6,10,13H,2-4,7-9,11H2,1H3. The van der Waals surface area contributed by atoms with E-state index in [2.05, 4.69) is 20.8 Å². The Morgan fingerprint density at radius 1 is 1.42 bits per heavy atom. The highest BCUT2D eigenvalue weighted by Gasteiger charge is 2.21. The molecule has 0 N–H and O–H groups in total. The molecule has 1 fully saturated rings. The Kier molecular flexibility index (Phi) is 5.64. The molecule has 0 spiro atoms. The van der Waals surface area contributed by atoms with Gasteiger partial charge in [-0.3, -0.25) is 4.90 Å². The highest BCUT2D eigenvalue weighted by molar-refractivity contribution is 9.09. The summed E-state index contributed by atoms with van der Waals surface area (Å²) in [5.41, 5.74) is 1.03. The number of alkyl halides is 1. The Bertz CT molecular complexity index is 411. The van der Waals surface area contributed by atoms with Crippen molar-refractivity contribution in [3.05, 3.63) is 29.6 Å². The molecule has 1 aromatic carbocycles. The number of nitrogens with zero attached hydrogens (tertiary/aromatic N) is 1. The van der Waals surface area contributed by atoms with Crippen LogP contribution < -0.4 is 4.74 Å². The lowest BCUT2D eigenvalue weighted by atomic mass is 9.99. The van der Waals surface area contributed by atoms with Gasteiger partial charge >= 0.3 is 0 Å². The molecule has 1 aliphatic heterocycles. The zero-order chi connectivity index (χ0) is 13.7. The van der Waals surface area contributed by atoms with Gasteiger partial charge in [0.15, 0.2) is 11.6 Å². The molecule has 1 aliphatic rings. The fourth-order valence-corrected chi connectivity index (χ4v) is 3.29. The van der Waals surface area contributed by atoms with Crippen molar-refractivity contribution in [2.75, 3.05) is 19.0 Å². The number of benzene rings is 1. The van der Waals surface area contributed by atoms with Crippen molar-refractivity contribution in [2.45, 2.75) is 38.3 Å². The number of halogens is 2. The first-order chi connectivity index (χ1) is 9.24. The molecule has 2 nitrogen and oxygen atoms in total. The summed E-state index contributed by atoms with van der Waals surface area (Å²) in [7, 11) is 1.49. The maximum atomic E-state index is 13.7. The van der Waals surface area contributed by atoms with Crippen LogP contribution in [0.4, 0.5) is 4.39 Å². The van der Waals surface area contributed by atoms with Crippen LogP contribution in [0.3, 0.4) is 0 Å². The lowest BCUT2D eigenvalue weighted by molar-refractivity contribution is 0.137. The summed E-state index contributed by atoms with van der Waals surface area (Å²) >= 11 is 3.53. The SMILES string of the molecule is COc1ccc(CN2CCCCC2CCBr)cc1F. The number of hydrogen-bond acceptors (Lipinski definition) is 2. The molecule has 0 saturated carbocycles. The van der Waals surface area contributed by atoms with Crippen LogP contribution in [0, 0.1) is 5.82 Å². The first kappa shape index (κ1) is 14.8. The van der Waals surface area contributed by atoms with E-state index in [9.17, 15) is 4.39 Å². The van der Waals surface area contributed by atoms with Crippen LogP contribution >= 0.6 is 15.9 Å². The van der Waals surface area contributed by atoms with E-state index in [0.29, 0.717) is 11.8 Å². The lowest BCUT2D eigenvalue weighted by Gasteiger charge is -2.35. The molecule has 0 amide bonds. The van der Waals surface area contributed by atoms with E-state index in [4.69, 9.17) is 4.74 Å². The molecular formula is C15H21BrFNO. The van der Waals surface area contributed by atoms with E-state index in [1.807, 2.05) is 6.07 Å². The van der Waals surface area contributed by atoms with Gasteiger partial charge in [-0.2, -0.15) is 0 Å². The van der Waals surface area contributed by atoms with Crippen LogP contribution in [0.2, 0.25) is 0 Å². The molecule has 1 aromatic rings. The molecule has 1 heterocycles. The first-order valence-corrected chi connectivity index (χ1v) is 7.99.